The molecule has 0 unspecified atom stereocenters. The number of nitrogens with one attached hydrogen (secondary N) is 1. The summed E-state index contributed by atoms with van der Waals surface area (Å²) in [4.78, 5) is 9.12. The second kappa shape index (κ2) is 6.73. The van der Waals surface area contributed by atoms with Gasteiger partial charge >= 0.3 is 0 Å². The Labute approximate surface area is 147 Å². The van der Waals surface area contributed by atoms with Crippen LogP contribution >= 0.6 is 0 Å². The third kappa shape index (κ3) is 3.09. The van der Waals surface area contributed by atoms with Gasteiger partial charge in [0, 0.05) is 41.1 Å². The zero-order valence-corrected chi connectivity index (χ0v) is 14.1. The Morgan fingerprint density at radius 2 is 1.60 bits per heavy atom. The monoisotopic (exact) mass is 325 g/mol. The molecule has 0 aliphatic rings. The number of anilines is 1. The van der Waals surface area contributed by atoms with Gasteiger partial charge in [0.05, 0.1) is 0 Å². The zero-order chi connectivity index (χ0) is 17.1. The molecule has 4 rings (SSSR count). The van der Waals surface area contributed by atoms with Gasteiger partial charge in [0.1, 0.15) is 5.82 Å². The smallest absolute Gasteiger partial charge is 0.134 e. The van der Waals surface area contributed by atoms with Crippen molar-refractivity contribution in [2.75, 3.05) is 5.32 Å². The molecule has 25 heavy (non-hydrogen) atoms. The first-order valence-corrected chi connectivity index (χ1v) is 8.40. The Morgan fingerprint density at radius 3 is 2.36 bits per heavy atom. The van der Waals surface area contributed by atoms with E-state index in [-0.39, 0.29) is 0 Å². The fourth-order valence-electron chi connectivity index (χ4n) is 3.18. The van der Waals surface area contributed by atoms with Crippen LogP contribution in [0.25, 0.3) is 21.9 Å². The highest BCUT2D eigenvalue weighted by Crippen LogP contribution is 2.34. The molecule has 0 atom stereocenters. The number of rotatable bonds is 4. The van der Waals surface area contributed by atoms with Gasteiger partial charge in [0.15, 0.2) is 0 Å². The molecule has 0 amide bonds. The maximum atomic E-state index is 4.85. The topological polar surface area (TPSA) is 37.8 Å². The molecular formula is C22H19N3. The summed E-state index contributed by atoms with van der Waals surface area (Å²) in [5.74, 6) is 0.921. The third-order valence-corrected chi connectivity index (χ3v) is 4.35. The van der Waals surface area contributed by atoms with E-state index in [1.807, 2.05) is 18.3 Å². The van der Waals surface area contributed by atoms with E-state index < -0.39 is 0 Å². The summed E-state index contributed by atoms with van der Waals surface area (Å²) in [7, 11) is 0. The van der Waals surface area contributed by atoms with Crippen molar-refractivity contribution in [1.29, 1.82) is 0 Å². The van der Waals surface area contributed by atoms with Crippen molar-refractivity contribution in [2.24, 2.45) is 0 Å². The van der Waals surface area contributed by atoms with E-state index >= 15 is 0 Å². The molecule has 2 aromatic carbocycles. The van der Waals surface area contributed by atoms with E-state index in [1.54, 1.807) is 6.20 Å². The molecule has 2 heterocycles. The second-order valence-corrected chi connectivity index (χ2v) is 6.05. The van der Waals surface area contributed by atoms with E-state index in [2.05, 4.69) is 71.8 Å². The van der Waals surface area contributed by atoms with Gasteiger partial charge < -0.3 is 5.32 Å². The normalized spacial score (nSPS) is 10.8. The summed E-state index contributed by atoms with van der Waals surface area (Å²) in [6.45, 7) is 2.81. The molecule has 3 nitrogen and oxygen atoms in total. The van der Waals surface area contributed by atoms with Gasteiger partial charge in [-0.25, -0.2) is 4.98 Å². The van der Waals surface area contributed by atoms with Crippen LogP contribution in [0.2, 0.25) is 0 Å². The maximum Gasteiger partial charge on any atom is 0.134 e. The van der Waals surface area contributed by atoms with Gasteiger partial charge in [-0.3, -0.25) is 4.98 Å². The van der Waals surface area contributed by atoms with Crippen LogP contribution in [0.5, 0.6) is 0 Å². The summed E-state index contributed by atoms with van der Waals surface area (Å²) in [6, 6.07) is 22.8. The average Bonchev–Trinajstić information content (AvgIpc) is 2.67. The summed E-state index contributed by atoms with van der Waals surface area (Å²) >= 11 is 0. The minimum Gasteiger partial charge on any atom is -0.365 e. The lowest BCUT2D eigenvalue weighted by Gasteiger charge is -2.15. The molecule has 0 aliphatic heterocycles. The Morgan fingerprint density at radius 1 is 0.840 bits per heavy atom. The Kier molecular flexibility index (Phi) is 4.13. The van der Waals surface area contributed by atoms with Crippen LogP contribution in [-0.2, 0) is 6.54 Å². The van der Waals surface area contributed by atoms with Crippen molar-refractivity contribution < 1.29 is 0 Å². The lowest BCUT2D eigenvalue weighted by Crippen LogP contribution is -2.04. The van der Waals surface area contributed by atoms with Crippen molar-refractivity contribution >= 4 is 16.6 Å². The highest BCUT2D eigenvalue weighted by Gasteiger charge is 2.12. The number of aryl methyl sites for hydroxylation is 1. The van der Waals surface area contributed by atoms with Crippen LogP contribution in [0.15, 0.2) is 79.1 Å². The standard InChI is InChI=1S/C22H19N3/c1-16-21(18-10-7-13-23-15-18)19-11-5-6-12-20(19)22(25-16)24-14-17-8-3-2-4-9-17/h2-13,15H,14H2,1H3,(H,24,25). The number of fused-ring (bicyclic) bond motifs is 1. The summed E-state index contributed by atoms with van der Waals surface area (Å²) < 4.78 is 0. The Bertz CT molecular complexity index is 996. The van der Waals surface area contributed by atoms with Crippen molar-refractivity contribution in [3.63, 3.8) is 0 Å². The van der Waals surface area contributed by atoms with Crippen molar-refractivity contribution in [3.05, 3.63) is 90.4 Å². The van der Waals surface area contributed by atoms with E-state index in [4.69, 9.17) is 4.98 Å². The molecule has 1 N–H and O–H groups in total. The summed E-state index contributed by atoms with van der Waals surface area (Å²) in [6.07, 6.45) is 3.69. The second-order valence-electron chi connectivity index (χ2n) is 6.05. The first-order chi connectivity index (χ1) is 12.3. The molecule has 0 spiro atoms. The molecule has 0 saturated heterocycles. The molecular weight excluding hydrogens is 306 g/mol. The van der Waals surface area contributed by atoms with Crippen LogP contribution in [0, 0.1) is 6.92 Å². The zero-order valence-electron chi connectivity index (χ0n) is 14.1. The van der Waals surface area contributed by atoms with Gasteiger partial charge in [0.25, 0.3) is 0 Å². The predicted octanol–water partition coefficient (Wildman–Crippen LogP) is 5.22. The van der Waals surface area contributed by atoms with Crippen LogP contribution in [-0.4, -0.2) is 9.97 Å². The third-order valence-electron chi connectivity index (χ3n) is 4.35. The minimum absolute atomic E-state index is 0.753. The Balaban J connectivity index is 1.79. The molecule has 2 aromatic heterocycles. The molecule has 0 radical (unpaired) electrons. The summed E-state index contributed by atoms with van der Waals surface area (Å²) in [5, 5.41) is 5.82. The van der Waals surface area contributed by atoms with Crippen molar-refractivity contribution in [3.8, 4) is 11.1 Å². The number of benzene rings is 2. The number of pyridine rings is 2. The van der Waals surface area contributed by atoms with Crippen molar-refractivity contribution in [1.82, 2.24) is 9.97 Å². The SMILES string of the molecule is Cc1nc(NCc2ccccc2)c2ccccc2c1-c1cccnc1. The number of hydrogen-bond donors (Lipinski definition) is 1. The molecule has 3 heteroatoms. The lowest BCUT2D eigenvalue weighted by molar-refractivity contribution is 1.10. The number of hydrogen-bond acceptors (Lipinski definition) is 3. The van der Waals surface area contributed by atoms with Gasteiger partial charge in [0.2, 0.25) is 0 Å². The molecule has 0 saturated carbocycles. The molecule has 0 bridgehead atoms. The fourth-order valence-corrected chi connectivity index (χ4v) is 3.18. The largest absolute Gasteiger partial charge is 0.365 e. The average molecular weight is 325 g/mol. The number of nitrogens with zero attached hydrogens (tertiary/aromatic N) is 2. The number of aromatic nitrogens is 2. The summed E-state index contributed by atoms with van der Waals surface area (Å²) in [5.41, 5.74) is 4.48. The van der Waals surface area contributed by atoms with Gasteiger partial charge in [-0.05, 0) is 23.9 Å². The van der Waals surface area contributed by atoms with Crippen molar-refractivity contribution in [2.45, 2.75) is 13.5 Å². The first kappa shape index (κ1) is 15.3. The highest BCUT2D eigenvalue weighted by molar-refractivity contribution is 6.02. The molecule has 0 fully saturated rings. The van der Waals surface area contributed by atoms with Crippen LogP contribution in [0.3, 0.4) is 0 Å². The molecule has 0 aliphatic carbocycles. The quantitative estimate of drug-likeness (QED) is 0.559. The fraction of sp³-hybridized carbons (Fsp3) is 0.0909. The minimum atomic E-state index is 0.753. The van der Waals surface area contributed by atoms with Crippen LogP contribution < -0.4 is 5.32 Å². The molecule has 4 aromatic rings. The van der Waals surface area contributed by atoms with E-state index in [1.165, 1.54) is 10.9 Å². The van der Waals surface area contributed by atoms with Gasteiger partial charge in [-0.2, -0.15) is 0 Å². The van der Waals surface area contributed by atoms with E-state index in [0.29, 0.717) is 0 Å². The first-order valence-electron chi connectivity index (χ1n) is 8.40. The lowest BCUT2D eigenvalue weighted by atomic mass is 9.98. The molecule has 122 valence electrons. The predicted molar refractivity (Wildman–Crippen MR) is 103 cm³/mol. The van der Waals surface area contributed by atoms with E-state index in [0.717, 1.165) is 34.6 Å². The van der Waals surface area contributed by atoms with Gasteiger partial charge in [-0.15, -0.1) is 0 Å². The highest BCUT2D eigenvalue weighted by atomic mass is 15.0. The van der Waals surface area contributed by atoms with Crippen LogP contribution in [0.4, 0.5) is 5.82 Å². The van der Waals surface area contributed by atoms with Gasteiger partial charge in [-0.1, -0.05) is 60.7 Å². The van der Waals surface area contributed by atoms with Crippen LogP contribution in [0.1, 0.15) is 11.3 Å². The Hall–Kier alpha value is -3.20. The maximum absolute atomic E-state index is 4.85. The van der Waals surface area contributed by atoms with E-state index in [9.17, 15) is 0 Å².